The van der Waals surface area contributed by atoms with E-state index in [4.69, 9.17) is 21.6 Å². The zero-order valence-corrected chi connectivity index (χ0v) is 13.9. The van der Waals surface area contributed by atoms with Gasteiger partial charge in [0.05, 0.1) is 11.5 Å². The predicted molar refractivity (Wildman–Crippen MR) is 88.1 cm³/mol. The minimum absolute atomic E-state index is 0.0795. The number of likely N-dealkylation sites (tertiary alicyclic amines) is 1. The maximum absolute atomic E-state index is 13.3. The Balaban J connectivity index is 1.87. The highest BCUT2D eigenvalue weighted by molar-refractivity contribution is 6.30. The molecule has 0 radical (unpaired) electrons. The minimum Gasteiger partial charge on any atom is -0.381 e. The standard InChI is InChI=1S/C18H21ClN2O2/c19-16-3-1-2-15(12-16)18(6-10-23-11-7-18)17(22)21-8-4-14(13-20)5-9-21/h1-3,12,14H,4-11H2. The van der Waals surface area contributed by atoms with Gasteiger partial charge in [0.2, 0.25) is 5.91 Å². The van der Waals surface area contributed by atoms with Crippen LogP contribution >= 0.6 is 11.6 Å². The smallest absolute Gasteiger partial charge is 0.233 e. The number of halogens is 1. The highest BCUT2D eigenvalue weighted by Gasteiger charge is 2.44. The third-order valence-corrected chi connectivity index (χ3v) is 5.33. The molecule has 0 saturated carbocycles. The van der Waals surface area contributed by atoms with Gasteiger partial charge in [0.25, 0.3) is 0 Å². The molecule has 2 saturated heterocycles. The average molecular weight is 333 g/mol. The zero-order chi connectivity index (χ0) is 16.3. The molecule has 2 heterocycles. The molecule has 2 fully saturated rings. The Bertz CT molecular complexity index is 612. The third kappa shape index (κ3) is 3.22. The van der Waals surface area contributed by atoms with E-state index in [1.807, 2.05) is 29.2 Å². The number of nitrogens with zero attached hydrogens (tertiary/aromatic N) is 2. The van der Waals surface area contributed by atoms with Crippen LogP contribution in [0.15, 0.2) is 24.3 Å². The predicted octanol–water partition coefficient (Wildman–Crippen LogP) is 3.15. The number of hydrogen-bond acceptors (Lipinski definition) is 3. The van der Waals surface area contributed by atoms with E-state index >= 15 is 0 Å². The lowest BCUT2D eigenvalue weighted by molar-refractivity contribution is -0.142. The molecule has 0 spiro atoms. The molecule has 0 bridgehead atoms. The number of amides is 1. The van der Waals surface area contributed by atoms with Gasteiger partial charge in [-0.25, -0.2) is 0 Å². The summed E-state index contributed by atoms with van der Waals surface area (Å²) in [6.07, 6.45) is 2.91. The van der Waals surface area contributed by atoms with Gasteiger partial charge in [0.15, 0.2) is 0 Å². The molecule has 0 unspecified atom stereocenters. The molecule has 0 aromatic heterocycles. The van der Waals surface area contributed by atoms with Gasteiger partial charge < -0.3 is 9.64 Å². The van der Waals surface area contributed by atoms with Crippen molar-refractivity contribution in [2.75, 3.05) is 26.3 Å². The van der Waals surface area contributed by atoms with Crippen LogP contribution in [0.4, 0.5) is 0 Å². The van der Waals surface area contributed by atoms with Gasteiger partial charge in [-0.15, -0.1) is 0 Å². The van der Waals surface area contributed by atoms with E-state index in [2.05, 4.69) is 6.07 Å². The molecule has 0 atom stereocenters. The van der Waals surface area contributed by atoms with E-state index in [1.54, 1.807) is 0 Å². The summed E-state index contributed by atoms with van der Waals surface area (Å²) >= 11 is 6.16. The van der Waals surface area contributed by atoms with Crippen molar-refractivity contribution < 1.29 is 9.53 Å². The van der Waals surface area contributed by atoms with E-state index in [0.717, 1.165) is 18.4 Å². The summed E-state index contributed by atoms with van der Waals surface area (Å²) in [5.74, 6) is 0.246. The van der Waals surface area contributed by atoms with Crippen molar-refractivity contribution >= 4 is 17.5 Å². The number of rotatable bonds is 2. The second-order valence-electron chi connectivity index (χ2n) is 6.40. The second-order valence-corrected chi connectivity index (χ2v) is 6.84. The van der Waals surface area contributed by atoms with Crippen molar-refractivity contribution in [2.45, 2.75) is 31.1 Å². The van der Waals surface area contributed by atoms with E-state index in [1.165, 1.54) is 0 Å². The molecule has 1 aromatic rings. The molecule has 23 heavy (non-hydrogen) atoms. The maximum atomic E-state index is 13.3. The van der Waals surface area contributed by atoms with E-state index in [0.29, 0.717) is 44.2 Å². The molecule has 0 N–H and O–H groups in total. The normalized spacial score (nSPS) is 21.7. The Morgan fingerprint density at radius 2 is 2.00 bits per heavy atom. The molecule has 1 amide bonds. The molecule has 2 aliphatic heterocycles. The molecule has 3 rings (SSSR count). The van der Waals surface area contributed by atoms with Crippen LogP contribution in [0.5, 0.6) is 0 Å². The average Bonchev–Trinajstić information content (AvgIpc) is 2.62. The fourth-order valence-corrected chi connectivity index (χ4v) is 3.84. The fraction of sp³-hybridized carbons (Fsp3) is 0.556. The van der Waals surface area contributed by atoms with Crippen molar-refractivity contribution in [2.24, 2.45) is 5.92 Å². The SMILES string of the molecule is N#CC1CCN(C(=O)C2(c3cccc(Cl)c3)CCOCC2)CC1. The van der Waals surface area contributed by atoms with Crippen LogP contribution in [-0.2, 0) is 14.9 Å². The van der Waals surface area contributed by atoms with Crippen LogP contribution in [-0.4, -0.2) is 37.1 Å². The van der Waals surface area contributed by atoms with Crippen molar-refractivity contribution in [3.63, 3.8) is 0 Å². The maximum Gasteiger partial charge on any atom is 0.233 e. The number of carbonyl (C=O) groups excluding carboxylic acids is 1. The Morgan fingerprint density at radius 3 is 2.61 bits per heavy atom. The Kier molecular flexibility index (Phi) is 4.89. The first kappa shape index (κ1) is 16.3. The first-order valence-electron chi connectivity index (χ1n) is 8.18. The summed E-state index contributed by atoms with van der Waals surface area (Å²) in [5.41, 5.74) is 0.448. The Labute approximate surface area is 142 Å². The molecule has 0 aliphatic carbocycles. The fourth-order valence-electron chi connectivity index (χ4n) is 3.65. The van der Waals surface area contributed by atoms with Crippen molar-refractivity contribution in [1.82, 2.24) is 4.90 Å². The molecule has 2 aliphatic rings. The lowest BCUT2D eigenvalue weighted by atomic mass is 9.72. The number of hydrogen-bond donors (Lipinski definition) is 0. The summed E-state index contributed by atoms with van der Waals surface area (Å²) < 4.78 is 5.50. The quantitative estimate of drug-likeness (QED) is 0.836. The monoisotopic (exact) mass is 332 g/mol. The van der Waals surface area contributed by atoms with Crippen molar-refractivity contribution in [3.8, 4) is 6.07 Å². The zero-order valence-electron chi connectivity index (χ0n) is 13.1. The Hall–Kier alpha value is -1.57. The van der Waals surface area contributed by atoms with Crippen LogP contribution in [0.1, 0.15) is 31.2 Å². The van der Waals surface area contributed by atoms with Gasteiger partial charge in [-0.2, -0.15) is 5.26 Å². The van der Waals surface area contributed by atoms with E-state index in [-0.39, 0.29) is 11.8 Å². The number of piperidine rings is 1. The third-order valence-electron chi connectivity index (χ3n) is 5.10. The van der Waals surface area contributed by atoms with Gasteiger partial charge in [-0.1, -0.05) is 23.7 Å². The van der Waals surface area contributed by atoms with Crippen LogP contribution < -0.4 is 0 Å². The van der Waals surface area contributed by atoms with Gasteiger partial charge in [-0.3, -0.25) is 4.79 Å². The lowest BCUT2D eigenvalue weighted by Crippen LogP contribution is -2.52. The molecular weight excluding hydrogens is 312 g/mol. The number of ether oxygens (including phenoxy) is 1. The summed E-state index contributed by atoms with van der Waals surface area (Å²) in [6.45, 7) is 2.51. The second kappa shape index (κ2) is 6.90. The lowest BCUT2D eigenvalue weighted by Gasteiger charge is -2.42. The Morgan fingerprint density at radius 1 is 1.30 bits per heavy atom. The van der Waals surface area contributed by atoms with E-state index in [9.17, 15) is 4.79 Å². The molecule has 4 nitrogen and oxygen atoms in total. The number of carbonyl (C=O) groups is 1. The summed E-state index contributed by atoms with van der Waals surface area (Å²) in [6, 6.07) is 9.96. The van der Waals surface area contributed by atoms with Gasteiger partial charge in [0, 0.05) is 37.2 Å². The van der Waals surface area contributed by atoms with Gasteiger partial charge in [0.1, 0.15) is 0 Å². The van der Waals surface area contributed by atoms with E-state index < -0.39 is 5.41 Å². The number of benzene rings is 1. The van der Waals surface area contributed by atoms with Crippen molar-refractivity contribution in [1.29, 1.82) is 5.26 Å². The highest BCUT2D eigenvalue weighted by atomic mass is 35.5. The number of nitriles is 1. The highest BCUT2D eigenvalue weighted by Crippen LogP contribution is 2.38. The van der Waals surface area contributed by atoms with Crippen LogP contribution in [0.25, 0.3) is 0 Å². The molecular formula is C18H21ClN2O2. The van der Waals surface area contributed by atoms with Gasteiger partial charge in [-0.05, 0) is 43.4 Å². The van der Waals surface area contributed by atoms with Crippen LogP contribution in [0.3, 0.4) is 0 Å². The molecule has 122 valence electrons. The van der Waals surface area contributed by atoms with Crippen molar-refractivity contribution in [3.05, 3.63) is 34.9 Å². The molecule has 5 heteroatoms. The summed E-state index contributed by atoms with van der Waals surface area (Å²) in [7, 11) is 0. The first-order chi connectivity index (χ1) is 11.2. The van der Waals surface area contributed by atoms with Crippen LogP contribution in [0.2, 0.25) is 5.02 Å². The summed E-state index contributed by atoms with van der Waals surface area (Å²) in [4.78, 5) is 15.3. The topological polar surface area (TPSA) is 53.3 Å². The minimum atomic E-state index is -0.539. The first-order valence-corrected chi connectivity index (χ1v) is 8.56. The van der Waals surface area contributed by atoms with Crippen LogP contribution in [0, 0.1) is 17.2 Å². The van der Waals surface area contributed by atoms with Gasteiger partial charge >= 0.3 is 0 Å². The largest absolute Gasteiger partial charge is 0.381 e. The molecule has 1 aromatic carbocycles. The summed E-state index contributed by atoms with van der Waals surface area (Å²) in [5, 5.41) is 9.70.